The van der Waals surface area contributed by atoms with Gasteiger partial charge in [-0.3, -0.25) is 4.79 Å². The molecule has 0 unspecified atom stereocenters. The molecule has 2 nitrogen and oxygen atoms in total. The monoisotopic (exact) mass is 311 g/mol. The summed E-state index contributed by atoms with van der Waals surface area (Å²) in [5.41, 5.74) is 3.91. The van der Waals surface area contributed by atoms with Crippen molar-refractivity contribution >= 4 is 17.7 Å². The third kappa shape index (κ3) is 3.36. The Kier molecular flexibility index (Phi) is 4.53. The van der Waals surface area contributed by atoms with Gasteiger partial charge in [-0.05, 0) is 43.5 Å². The molecule has 3 heteroatoms. The fourth-order valence-corrected chi connectivity index (χ4v) is 3.76. The summed E-state index contributed by atoms with van der Waals surface area (Å²) in [7, 11) is 0. The second kappa shape index (κ2) is 6.57. The quantitative estimate of drug-likeness (QED) is 0.797. The molecule has 0 radical (unpaired) electrons. The maximum atomic E-state index is 12.7. The fraction of sp³-hybridized carbons (Fsp3) is 0.316. The Bertz CT molecular complexity index is 665. The molecule has 0 fully saturated rings. The molecule has 1 atom stereocenters. The van der Waals surface area contributed by atoms with Gasteiger partial charge in [0.25, 0.3) is 0 Å². The lowest BCUT2D eigenvalue weighted by molar-refractivity contribution is -0.131. The van der Waals surface area contributed by atoms with Gasteiger partial charge < -0.3 is 4.90 Å². The van der Waals surface area contributed by atoms with Gasteiger partial charge in [-0.25, -0.2) is 0 Å². The summed E-state index contributed by atoms with van der Waals surface area (Å²) in [6.07, 6.45) is 0.962. The molecule has 0 aliphatic carbocycles. The molecule has 114 valence electrons. The van der Waals surface area contributed by atoms with Crippen LogP contribution in [-0.2, 0) is 17.8 Å². The van der Waals surface area contributed by atoms with Gasteiger partial charge in [-0.2, -0.15) is 0 Å². The van der Waals surface area contributed by atoms with E-state index >= 15 is 0 Å². The maximum Gasteiger partial charge on any atom is 0.236 e. The van der Waals surface area contributed by atoms with Crippen LogP contribution in [0.15, 0.2) is 53.4 Å². The minimum Gasteiger partial charge on any atom is -0.337 e. The van der Waals surface area contributed by atoms with Crippen molar-refractivity contribution in [2.24, 2.45) is 0 Å². The Labute approximate surface area is 136 Å². The van der Waals surface area contributed by atoms with Gasteiger partial charge in [0, 0.05) is 18.0 Å². The van der Waals surface area contributed by atoms with Crippen LogP contribution in [0.1, 0.15) is 23.6 Å². The zero-order valence-electron chi connectivity index (χ0n) is 13.1. The molecule has 0 spiro atoms. The van der Waals surface area contributed by atoms with E-state index in [9.17, 15) is 4.79 Å². The van der Waals surface area contributed by atoms with E-state index in [1.54, 1.807) is 11.8 Å². The third-order valence-corrected chi connectivity index (χ3v) is 5.22. The second-order valence-electron chi connectivity index (χ2n) is 5.85. The van der Waals surface area contributed by atoms with Crippen LogP contribution in [0.3, 0.4) is 0 Å². The van der Waals surface area contributed by atoms with Crippen molar-refractivity contribution < 1.29 is 4.79 Å². The number of nitrogens with zero attached hydrogens (tertiary/aromatic N) is 1. The molecule has 1 heterocycles. The lowest BCUT2D eigenvalue weighted by atomic mass is 10.00. The smallest absolute Gasteiger partial charge is 0.236 e. The molecule has 2 aromatic carbocycles. The number of aryl methyl sites for hydroxylation is 1. The van der Waals surface area contributed by atoms with Crippen molar-refractivity contribution in [1.29, 1.82) is 0 Å². The van der Waals surface area contributed by atoms with E-state index in [2.05, 4.69) is 55.5 Å². The number of benzene rings is 2. The van der Waals surface area contributed by atoms with Gasteiger partial charge in [-0.15, -0.1) is 11.8 Å². The van der Waals surface area contributed by atoms with E-state index in [4.69, 9.17) is 0 Å². The second-order valence-corrected chi connectivity index (χ2v) is 7.27. The molecule has 0 bridgehead atoms. The van der Waals surface area contributed by atoms with E-state index in [1.165, 1.54) is 16.7 Å². The first-order chi connectivity index (χ1) is 10.6. The van der Waals surface area contributed by atoms with Crippen LogP contribution in [-0.4, -0.2) is 22.6 Å². The summed E-state index contributed by atoms with van der Waals surface area (Å²) in [6.45, 7) is 5.66. The van der Waals surface area contributed by atoms with Crippen molar-refractivity contribution in [3.63, 3.8) is 0 Å². The molecule has 2 aromatic rings. The van der Waals surface area contributed by atoms with Gasteiger partial charge >= 0.3 is 0 Å². The van der Waals surface area contributed by atoms with Crippen LogP contribution in [0.25, 0.3) is 0 Å². The third-order valence-electron chi connectivity index (χ3n) is 4.12. The first kappa shape index (κ1) is 15.2. The largest absolute Gasteiger partial charge is 0.337 e. The highest BCUT2D eigenvalue weighted by molar-refractivity contribution is 8.00. The molecule has 1 aliphatic rings. The van der Waals surface area contributed by atoms with Crippen LogP contribution in [0.4, 0.5) is 0 Å². The predicted octanol–water partition coefficient (Wildman–Crippen LogP) is 4.06. The Morgan fingerprint density at radius 1 is 1.09 bits per heavy atom. The number of rotatable bonds is 3. The number of hydrogen-bond donors (Lipinski definition) is 0. The average molecular weight is 311 g/mol. The van der Waals surface area contributed by atoms with E-state index in [-0.39, 0.29) is 11.2 Å². The molecular weight excluding hydrogens is 290 g/mol. The van der Waals surface area contributed by atoms with Crippen molar-refractivity contribution in [1.82, 2.24) is 4.90 Å². The number of fused-ring (bicyclic) bond motifs is 1. The van der Waals surface area contributed by atoms with Crippen molar-refractivity contribution in [2.45, 2.75) is 37.0 Å². The van der Waals surface area contributed by atoms with Gasteiger partial charge in [-0.1, -0.05) is 42.0 Å². The van der Waals surface area contributed by atoms with Gasteiger partial charge in [0.15, 0.2) is 0 Å². The minimum absolute atomic E-state index is 0.0482. The van der Waals surface area contributed by atoms with Crippen LogP contribution in [0.5, 0.6) is 0 Å². The highest BCUT2D eigenvalue weighted by Crippen LogP contribution is 2.27. The number of hydrogen-bond acceptors (Lipinski definition) is 2. The van der Waals surface area contributed by atoms with E-state index in [0.717, 1.165) is 24.4 Å². The molecule has 22 heavy (non-hydrogen) atoms. The normalized spacial score (nSPS) is 15.3. The summed E-state index contributed by atoms with van der Waals surface area (Å²) in [5.74, 6) is 0.236. The molecular formula is C19H21NOS. The van der Waals surface area contributed by atoms with Gasteiger partial charge in [0.1, 0.15) is 0 Å². The van der Waals surface area contributed by atoms with Crippen molar-refractivity contribution in [3.05, 3.63) is 65.2 Å². The zero-order chi connectivity index (χ0) is 15.5. The molecule has 0 saturated heterocycles. The van der Waals surface area contributed by atoms with Gasteiger partial charge in [0.2, 0.25) is 5.91 Å². The topological polar surface area (TPSA) is 20.3 Å². The summed E-state index contributed by atoms with van der Waals surface area (Å²) >= 11 is 1.64. The zero-order valence-corrected chi connectivity index (χ0v) is 13.9. The molecule has 3 rings (SSSR count). The highest BCUT2D eigenvalue weighted by Gasteiger charge is 2.25. The van der Waals surface area contributed by atoms with Crippen molar-refractivity contribution in [3.8, 4) is 0 Å². The summed E-state index contributed by atoms with van der Waals surface area (Å²) in [6, 6.07) is 16.8. The summed E-state index contributed by atoms with van der Waals surface area (Å²) in [4.78, 5) is 15.8. The Morgan fingerprint density at radius 3 is 2.50 bits per heavy atom. The SMILES string of the molecule is Cc1ccc(S[C@H](C)C(=O)N2CCc3ccccc3C2)cc1. The van der Waals surface area contributed by atoms with Gasteiger partial charge in [0.05, 0.1) is 5.25 Å². The molecule has 0 aromatic heterocycles. The standard InChI is InChI=1S/C19H21NOS/c1-14-7-9-18(10-8-14)22-15(2)19(21)20-12-11-16-5-3-4-6-17(16)13-20/h3-10,15H,11-13H2,1-2H3/t15-/m1/s1. The summed E-state index contributed by atoms with van der Waals surface area (Å²) in [5, 5.41) is -0.0482. The Morgan fingerprint density at radius 2 is 1.77 bits per heavy atom. The van der Waals surface area contributed by atoms with E-state index in [1.807, 2.05) is 11.8 Å². The Balaban J connectivity index is 1.65. The summed E-state index contributed by atoms with van der Waals surface area (Å²) < 4.78 is 0. The lowest BCUT2D eigenvalue weighted by Crippen LogP contribution is -2.40. The number of carbonyl (C=O) groups excluding carboxylic acids is 1. The minimum atomic E-state index is -0.0482. The van der Waals surface area contributed by atoms with Crippen molar-refractivity contribution in [2.75, 3.05) is 6.54 Å². The first-order valence-corrected chi connectivity index (χ1v) is 8.60. The molecule has 0 saturated carbocycles. The predicted molar refractivity (Wildman–Crippen MR) is 92.1 cm³/mol. The van der Waals surface area contributed by atoms with E-state index < -0.39 is 0 Å². The molecule has 1 amide bonds. The average Bonchev–Trinajstić information content (AvgIpc) is 2.55. The lowest BCUT2D eigenvalue weighted by Gasteiger charge is -2.30. The number of amides is 1. The van der Waals surface area contributed by atoms with Crippen LogP contribution < -0.4 is 0 Å². The number of thioether (sulfide) groups is 1. The van der Waals surface area contributed by atoms with Crippen LogP contribution in [0.2, 0.25) is 0 Å². The van der Waals surface area contributed by atoms with E-state index in [0.29, 0.717) is 0 Å². The van der Waals surface area contributed by atoms with Crippen LogP contribution >= 0.6 is 11.8 Å². The molecule has 0 N–H and O–H groups in total. The fourth-order valence-electron chi connectivity index (χ4n) is 2.81. The highest BCUT2D eigenvalue weighted by atomic mass is 32.2. The number of carbonyl (C=O) groups is 1. The Hall–Kier alpha value is -1.74. The molecule has 1 aliphatic heterocycles. The van der Waals surface area contributed by atoms with Crippen LogP contribution in [0, 0.1) is 6.92 Å². The first-order valence-electron chi connectivity index (χ1n) is 7.72. The maximum absolute atomic E-state index is 12.7.